The van der Waals surface area contributed by atoms with E-state index < -0.39 is 0 Å². The van der Waals surface area contributed by atoms with Crippen LogP contribution in [0, 0.1) is 0 Å². The van der Waals surface area contributed by atoms with E-state index in [0.29, 0.717) is 0 Å². The average molecular weight is 604 g/mol. The summed E-state index contributed by atoms with van der Waals surface area (Å²) in [4.78, 5) is 10.3. The molecule has 0 aromatic heterocycles. The molecule has 2 aromatic rings. The van der Waals surface area contributed by atoms with E-state index in [0.717, 1.165) is 49.2 Å². The Bertz CT molecular complexity index is 953. The number of unbranched alkanes of at least 4 members (excludes halogenated alkanes) is 9. The van der Waals surface area contributed by atoms with Gasteiger partial charge in [-0.2, -0.15) is 0 Å². The van der Waals surface area contributed by atoms with Crippen molar-refractivity contribution < 1.29 is 16.5 Å². The van der Waals surface area contributed by atoms with Crippen LogP contribution < -0.4 is 0 Å². The number of hydrogen-bond acceptors (Lipinski definition) is 2. The molecule has 0 aliphatic rings. The maximum atomic E-state index is 5.26. The van der Waals surface area contributed by atoms with Crippen molar-refractivity contribution in [1.82, 2.24) is 0 Å². The van der Waals surface area contributed by atoms with Crippen molar-refractivity contribution in [3.05, 3.63) is 58.7 Å². The minimum Gasteiger partial charge on any atom is -0.255 e. The zero-order valence-corrected chi connectivity index (χ0v) is 28.2. The van der Waals surface area contributed by atoms with Crippen LogP contribution in [0.15, 0.2) is 46.4 Å². The van der Waals surface area contributed by atoms with Crippen molar-refractivity contribution in [3.63, 3.8) is 0 Å². The Morgan fingerprint density at radius 3 is 1.37 bits per heavy atom. The van der Waals surface area contributed by atoms with Gasteiger partial charge >= 0.3 is 0 Å². The molecule has 2 aromatic carbocycles. The summed E-state index contributed by atoms with van der Waals surface area (Å²) in [6.07, 6.45) is 25.2. The summed E-state index contributed by atoms with van der Waals surface area (Å²) in [5.41, 5.74) is 9.10. The molecule has 232 valence electrons. The molecule has 2 nitrogen and oxygen atoms in total. The first-order valence-corrected chi connectivity index (χ1v) is 17.0. The Morgan fingerprint density at radius 1 is 0.488 bits per heavy atom. The minimum absolute atomic E-state index is 0. The molecule has 0 N–H and O–H groups in total. The molecular formula is C38H60N2Ni. The molecule has 0 heterocycles. The molecule has 2 rings (SSSR count). The van der Waals surface area contributed by atoms with Gasteiger partial charge in [0, 0.05) is 22.7 Å². The maximum Gasteiger partial charge on any atom is 0.0639 e. The van der Waals surface area contributed by atoms with Crippen LogP contribution in [0.4, 0.5) is 11.4 Å². The fourth-order valence-corrected chi connectivity index (χ4v) is 5.32. The van der Waals surface area contributed by atoms with Gasteiger partial charge in [0.1, 0.15) is 0 Å². The van der Waals surface area contributed by atoms with Gasteiger partial charge in [0.25, 0.3) is 0 Å². The fraction of sp³-hybridized carbons (Fsp3) is 0.632. The van der Waals surface area contributed by atoms with Crippen molar-refractivity contribution >= 4 is 23.3 Å². The molecule has 0 aliphatic heterocycles. The van der Waals surface area contributed by atoms with Crippen LogP contribution in [0.1, 0.15) is 153 Å². The van der Waals surface area contributed by atoms with Crippen LogP contribution in [0.3, 0.4) is 0 Å². The molecule has 0 amide bonds. The molecule has 0 radical (unpaired) electrons. The normalized spacial score (nSPS) is 11.8. The van der Waals surface area contributed by atoms with E-state index in [1.54, 1.807) is 0 Å². The van der Waals surface area contributed by atoms with E-state index in [1.807, 2.05) is 0 Å². The van der Waals surface area contributed by atoms with Crippen molar-refractivity contribution in [2.45, 2.75) is 157 Å². The molecule has 0 unspecified atom stereocenters. The number of aliphatic imine (C=N–C) groups is 2. The Morgan fingerprint density at radius 2 is 0.902 bits per heavy atom. The van der Waals surface area contributed by atoms with Crippen LogP contribution >= 0.6 is 0 Å². The second-order valence-electron chi connectivity index (χ2n) is 11.8. The number of nitrogens with zero attached hydrogens (tertiary/aromatic N) is 2. The Labute approximate surface area is 264 Å². The van der Waals surface area contributed by atoms with Gasteiger partial charge in [0.15, 0.2) is 0 Å². The van der Waals surface area contributed by atoms with E-state index >= 15 is 0 Å². The topological polar surface area (TPSA) is 24.7 Å². The average Bonchev–Trinajstić information content (AvgIpc) is 2.96. The Balaban J connectivity index is 0.00000840. The van der Waals surface area contributed by atoms with Gasteiger partial charge < -0.3 is 0 Å². The Kier molecular flexibility index (Phi) is 21.6. The fourth-order valence-electron chi connectivity index (χ4n) is 5.32. The third kappa shape index (κ3) is 16.5. The van der Waals surface area contributed by atoms with Crippen molar-refractivity contribution in [1.29, 1.82) is 0 Å². The summed E-state index contributed by atoms with van der Waals surface area (Å²) in [5.74, 6) is 0. The van der Waals surface area contributed by atoms with Crippen LogP contribution in [-0.2, 0) is 42.2 Å². The molecular weight excluding hydrogens is 543 g/mol. The monoisotopic (exact) mass is 602 g/mol. The smallest absolute Gasteiger partial charge is 0.0639 e. The number of rotatable bonds is 22. The van der Waals surface area contributed by atoms with Crippen molar-refractivity contribution in [3.8, 4) is 0 Å². The summed E-state index contributed by atoms with van der Waals surface area (Å²) in [6.45, 7) is 11.4. The Hall–Kier alpha value is -1.73. The van der Waals surface area contributed by atoms with E-state index in [9.17, 15) is 0 Å². The van der Waals surface area contributed by atoms with E-state index in [2.05, 4.69) is 77.2 Å². The summed E-state index contributed by atoms with van der Waals surface area (Å²) >= 11 is 0. The zero-order valence-electron chi connectivity index (χ0n) is 27.2. The first-order chi connectivity index (χ1) is 19.6. The SMILES string of the molecule is CCCCCCC(C=Nc1cc(CCCC)cc(CCCC)c1)=Nc1cc(CCCCC)cc(CCCCC)c1.[Ni]. The first kappa shape index (κ1) is 37.3. The summed E-state index contributed by atoms with van der Waals surface area (Å²) in [5, 5.41) is 0. The van der Waals surface area contributed by atoms with Gasteiger partial charge in [-0.3, -0.25) is 9.98 Å². The van der Waals surface area contributed by atoms with E-state index in [1.165, 1.54) is 112 Å². The summed E-state index contributed by atoms with van der Waals surface area (Å²) in [7, 11) is 0. The van der Waals surface area contributed by atoms with Gasteiger partial charge in [-0.25, -0.2) is 0 Å². The van der Waals surface area contributed by atoms with E-state index in [-0.39, 0.29) is 16.5 Å². The van der Waals surface area contributed by atoms with Gasteiger partial charge in [0.05, 0.1) is 17.1 Å². The predicted octanol–water partition coefficient (Wildman–Crippen LogP) is 12.3. The van der Waals surface area contributed by atoms with Crippen LogP contribution in [-0.4, -0.2) is 11.9 Å². The molecule has 0 atom stereocenters. The van der Waals surface area contributed by atoms with Crippen LogP contribution in [0.5, 0.6) is 0 Å². The minimum atomic E-state index is 0. The predicted molar refractivity (Wildman–Crippen MR) is 181 cm³/mol. The van der Waals surface area contributed by atoms with Gasteiger partial charge in [-0.15, -0.1) is 0 Å². The third-order valence-corrected chi connectivity index (χ3v) is 7.77. The van der Waals surface area contributed by atoms with Gasteiger partial charge in [-0.05, 0) is 111 Å². The molecule has 0 fully saturated rings. The second-order valence-corrected chi connectivity index (χ2v) is 11.8. The number of aryl methyl sites for hydroxylation is 4. The molecule has 41 heavy (non-hydrogen) atoms. The number of benzene rings is 2. The molecule has 0 saturated heterocycles. The zero-order chi connectivity index (χ0) is 28.8. The maximum absolute atomic E-state index is 5.26. The second kappa shape index (κ2) is 23.8. The molecule has 0 aliphatic carbocycles. The van der Waals surface area contributed by atoms with Crippen molar-refractivity contribution in [2.24, 2.45) is 9.98 Å². The number of hydrogen-bond donors (Lipinski definition) is 0. The quantitative estimate of drug-likeness (QED) is 0.0727. The van der Waals surface area contributed by atoms with E-state index in [4.69, 9.17) is 9.98 Å². The molecule has 0 spiro atoms. The molecule has 0 saturated carbocycles. The largest absolute Gasteiger partial charge is 0.255 e. The third-order valence-electron chi connectivity index (χ3n) is 7.77. The summed E-state index contributed by atoms with van der Waals surface area (Å²) in [6, 6.07) is 14.1. The van der Waals surface area contributed by atoms with Crippen LogP contribution in [0.2, 0.25) is 0 Å². The summed E-state index contributed by atoms with van der Waals surface area (Å²) < 4.78 is 0. The molecule has 3 heteroatoms. The standard InChI is InChI=1S/C38H60N2.Ni/c1-6-11-16-19-24-36(31-39-37-27-32(20-14-9-4)25-33(28-37)21-15-10-5)40-38-29-34(22-17-12-7-2)26-35(30-38)23-18-13-8-3;/h25-31H,6-24H2,1-5H3;. The van der Waals surface area contributed by atoms with Crippen LogP contribution in [0.25, 0.3) is 0 Å². The van der Waals surface area contributed by atoms with Gasteiger partial charge in [0.2, 0.25) is 0 Å². The first-order valence-electron chi connectivity index (χ1n) is 17.0. The molecule has 0 bridgehead atoms. The van der Waals surface area contributed by atoms with Gasteiger partial charge in [-0.1, -0.05) is 105 Å². The van der Waals surface area contributed by atoms with Crippen molar-refractivity contribution in [2.75, 3.05) is 0 Å².